The Hall–Kier alpha value is -3.21. The van der Waals surface area contributed by atoms with Crippen LogP contribution in [0.15, 0.2) is 47.1 Å². The number of amides is 2. The number of hydrogen-bond donors (Lipinski definition) is 4. The van der Waals surface area contributed by atoms with E-state index in [-0.39, 0.29) is 47.9 Å². The van der Waals surface area contributed by atoms with E-state index >= 15 is 0 Å². The Morgan fingerprint density at radius 2 is 2.00 bits per heavy atom. The number of aliphatic hydroxyl groups excluding tert-OH is 2. The quantitative estimate of drug-likeness (QED) is 0.330. The lowest BCUT2D eigenvalue weighted by Crippen LogP contribution is -2.57. The van der Waals surface area contributed by atoms with E-state index in [1.807, 2.05) is 31.2 Å². The number of anilines is 1. The van der Waals surface area contributed by atoms with Crippen molar-refractivity contribution in [1.82, 2.24) is 10.3 Å². The summed E-state index contributed by atoms with van der Waals surface area (Å²) in [4.78, 5) is 31.8. The highest BCUT2D eigenvalue weighted by Gasteiger charge is 2.59. The molecule has 3 aromatic rings. The van der Waals surface area contributed by atoms with Crippen LogP contribution < -0.4 is 15.4 Å². The fourth-order valence-corrected chi connectivity index (χ4v) is 7.53. The molecule has 10 heteroatoms. The number of aliphatic hydroxyl groups is 2. The van der Waals surface area contributed by atoms with E-state index in [4.69, 9.17) is 14.1 Å². The van der Waals surface area contributed by atoms with Gasteiger partial charge in [0.2, 0.25) is 5.91 Å². The first-order valence-electron chi connectivity index (χ1n) is 13.2. The van der Waals surface area contributed by atoms with Gasteiger partial charge in [0.15, 0.2) is 10.9 Å². The van der Waals surface area contributed by atoms with Gasteiger partial charge in [-0.1, -0.05) is 26.0 Å². The van der Waals surface area contributed by atoms with Gasteiger partial charge in [-0.2, -0.15) is 0 Å². The number of methoxy groups -OCH3 is 1. The Balaban J connectivity index is 1.42. The van der Waals surface area contributed by atoms with Crippen molar-refractivity contribution >= 4 is 28.3 Å². The summed E-state index contributed by atoms with van der Waals surface area (Å²) in [6, 6.07) is 10.8. The maximum Gasteiger partial charge on any atom is 0.293 e. The summed E-state index contributed by atoms with van der Waals surface area (Å²) < 4.78 is 10.4. The molecule has 0 radical (unpaired) electrons. The molecule has 1 saturated carbocycles. The van der Waals surface area contributed by atoms with Crippen LogP contribution in [0.2, 0.25) is 0 Å². The summed E-state index contributed by atoms with van der Waals surface area (Å²) in [5.74, 6) is 0.136. The van der Waals surface area contributed by atoms with Crippen LogP contribution >= 0.6 is 11.3 Å². The molecule has 2 aliphatic carbocycles. The molecule has 0 aliphatic heterocycles. The smallest absolute Gasteiger partial charge is 0.293 e. The van der Waals surface area contributed by atoms with Crippen molar-refractivity contribution < 1.29 is 29.0 Å². The van der Waals surface area contributed by atoms with Crippen LogP contribution in [0.25, 0.3) is 0 Å². The molecule has 5 atom stereocenters. The lowest BCUT2D eigenvalue weighted by molar-refractivity contribution is -0.144. The van der Waals surface area contributed by atoms with Crippen molar-refractivity contribution in [2.45, 2.75) is 58.1 Å². The zero-order chi connectivity index (χ0) is 27.8. The van der Waals surface area contributed by atoms with Crippen LogP contribution in [0.4, 0.5) is 5.13 Å². The third-order valence-corrected chi connectivity index (χ3v) is 9.91. The van der Waals surface area contributed by atoms with Crippen molar-refractivity contribution in [2.24, 2.45) is 16.7 Å². The minimum absolute atomic E-state index is 0.0697. The van der Waals surface area contributed by atoms with Crippen LogP contribution in [0.3, 0.4) is 0 Å². The Morgan fingerprint density at radius 3 is 2.67 bits per heavy atom. The van der Waals surface area contributed by atoms with Crippen molar-refractivity contribution in [3.8, 4) is 5.75 Å². The minimum Gasteiger partial charge on any atom is -0.497 e. The molecule has 2 aromatic heterocycles. The molecule has 9 nitrogen and oxygen atoms in total. The zero-order valence-corrected chi connectivity index (χ0v) is 23.2. The van der Waals surface area contributed by atoms with Crippen LogP contribution in [-0.4, -0.2) is 46.8 Å². The van der Waals surface area contributed by atoms with E-state index < -0.39 is 11.5 Å². The fourth-order valence-electron chi connectivity index (χ4n) is 6.47. The monoisotopic (exact) mass is 553 g/mol. The lowest BCUT2D eigenvalue weighted by Gasteiger charge is -2.58. The topological polar surface area (TPSA) is 134 Å². The average Bonchev–Trinajstić information content (AvgIpc) is 3.61. The van der Waals surface area contributed by atoms with Crippen molar-refractivity contribution in [2.75, 3.05) is 19.0 Å². The highest BCUT2D eigenvalue weighted by molar-refractivity contribution is 7.15. The Labute approximate surface area is 231 Å². The third-order valence-electron chi connectivity index (χ3n) is 8.90. The van der Waals surface area contributed by atoms with Gasteiger partial charge in [0, 0.05) is 29.2 Å². The molecule has 2 aliphatic rings. The molecule has 2 amide bonds. The van der Waals surface area contributed by atoms with Gasteiger partial charge in [0.05, 0.1) is 31.8 Å². The molecule has 1 fully saturated rings. The van der Waals surface area contributed by atoms with E-state index in [1.165, 1.54) is 17.6 Å². The lowest BCUT2D eigenvalue weighted by atomic mass is 9.47. The van der Waals surface area contributed by atoms with Crippen LogP contribution in [-0.2, 0) is 17.8 Å². The second kappa shape index (κ2) is 10.7. The Kier molecular flexibility index (Phi) is 7.54. The number of fused-ring (bicyclic) bond motifs is 2. The summed E-state index contributed by atoms with van der Waals surface area (Å²) in [6.45, 7) is 4.33. The van der Waals surface area contributed by atoms with Gasteiger partial charge in [-0.25, -0.2) is 4.98 Å². The number of benzene rings is 1. The first-order chi connectivity index (χ1) is 18.7. The summed E-state index contributed by atoms with van der Waals surface area (Å²) in [7, 11) is 1.61. The predicted octanol–water partition coefficient (Wildman–Crippen LogP) is 4.12. The SMILES string of the molecule is COc1ccc(CNC(=O)C[C@@H]2c3nc(NC(=O)c4ccco4)sc3C[C@@H]3[C@](C)(CO)[C@H](O)CC[C@]32C)cc1. The largest absolute Gasteiger partial charge is 0.497 e. The number of aromatic nitrogens is 1. The maximum absolute atomic E-state index is 13.3. The average molecular weight is 554 g/mol. The number of carbonyl (C=O) groups is 2. The van der Waals surface area contributed by atoms with E-state index in [1.54, 1.807) is 19.2 Å². The van der Waals surface area contributed by atoms with Gasteiger partial charge in [-0.05, 0) is 60.4 Å². The fraction of sp³-hybridized carbons (Fsp3) is 0.483. The number of rotatable bonds is 8. The number of thiazole rings is 1. The number of ether oxygens (including phenoxy) is 1. The van der Waals surface area contributed by atoms with Crippen molar-refractivity contribution in [3.63, 3.8) is 0 Å². The number of carbonyl (C=O) groups excluding carboxylic acids is 2. The molecular formula is C29H35N3O6S. The first kappa shape index (κ1) is 27.4. The van der Waals surface area contributed by atoms with Gasteiger partial charge in [0.1, 0.15) is 5.75 Å². The second-order valence-electron chi connectivity index (χ2n) is 11.1. The number of furan rings is 1. The Bertz CT molecular complexity index is 1320. The van der Waals surface area contributed by atoms with E-state index in [0.29, 0.717) is 30.9 Å². The van der Waals surface area contributed by atoms with Gasteiger partial charge < -0.3 is 24.7 Å². The normalized spacial score (nSPS) is 27.8. The van der Waals surface area contributed by atoms with E-state index in [0.717, 1.165) is 21.9 Å². The van der Waals surface area contributed by atoms with Gasteiger partial charge in [-0.15, -0.1) is 11.3 Å². The summed E-state index contributed by atoms with van der Waals surface area (Å²) in [5, 5.41) is 27.7. The molecular weight excluding hydrogens is 518 g/mol. The zero-order valence-electron chi connectivity index (χ0n) is 22.4. The minimum atomic E-state index is -0.718. The maximum atomic E-state index is 13.3. The van der Waals surface area contributed by atoms with E-state index in [9.17, 15) is 19.8 Å². The molecule has 0 spiro atoms. The summed E-state index contributed by atoms with van der Waals surface area (Å²) in [5.41, 5.74) is 0.675. The predicted molar refractivity (Wildman–Crippen MR) is 147 cm³/mol. The Morgan fingerprint density at radius 1 is 1.23 bits per heavy atom. The molecule has 0 saturated heterocycles. The summed E-state index contributed by atoms with van der Waals surface area (Å²) in [6.07, 6.45) is 2.86. The van der Waals surface area contributed by atoms with Crippen LogP contribution in [0.1, 0.15) is 65.7 Å². The first-order valence-corrected chi connectivity index (χ1v) is 14.0. The summed E-state index contributed by atoms with van der Waals surface area (Å²) >= 11 is 1.38. The molecule has 39 heavy (non-hydrogen) atoms. The molecule has 5 rings (SSSR count). The van der Waals surface area contributed by atoms with Crippen molar-refractivity contribution in [1.29, 1.82) is 0 Å². The van der Waals surface area contributed by atoms with Crippen LogP contribution in [0.5, 0.6) is 5.75 Å². The van der Waals surface area contributed by atoms with Gasteiger partial charge >= 0.3 is 0 Å². The highest BCUT2D eigenvalue weighted by Crippen LogP contribution is 2.62. The molecule has 1 aromatic carbocycles. The third kappa shape index (κ3) is 5.08. The number of hydrogen-bond acceptors (Lipinski definition) is 8. The molecule has 208 valence electrons. The number of nitrogens with zero attached hydrogens (tertiary/aromatic N) is 1. The molecule has 2 heterocycles. The second-order valence-corrected chi connectivity index (χ2v) is 12.2. The van der Waals surface area contributed by atoms with Crippen LogP contribution in [0, 0.1) is 16.7 Å². The standard InChI is InChI=1S/C29H35N3O6S/c1-28-11-10-23(34)29(2,16-33)22(28)14-21-25(31-27(39-21)32-26(36)20-5-4-12-38-20)19(28)13-24(35)30-15-17-6-8-18(37-3)9-7-17/h4-9,12,19,22-23,33-34H,10-11,13-16H2,1-3H3,(H,30,35)(H,31,32,36)/t19-,22+,23-,28+,29+/m1/s1. The molecule has 0 bridgehead atoms. The number of nitrogens with one attached hydrogen (secondary N) is 2. The van der Waals surface area contributed by atoms with Gasteiger partial charge in [0.25, 0.3) is 5.91 Å². The van der Waals surface area contributed by atoms with Crippen molar-refractivity contribution in [3.05, 3.63) is 64.6 Å². The molecule has 4 N–H and O–H groups in total. The molecule has 0 unspecified atom stereocenters. The van der Waals surface area contributed by atoms with Gasteiger partial charge in [-0.3, -0.25) is 14.9 Å². The van der Waals surface area contributed by atoms with E-state index in [2.05, 4.69) is 17.6 Å². The highest BCUT2D eigenvalue weighted by atomic mass is 32.1.